The number of carbonyl (C=O) groups excluding carboxylic acids is 2. The fourth-order valence-corrected chi connectivity index (χ4v) is 1.87. The quantitative estimate of drug-likeness (QED) is 0.536. The largest absolute Gasteiger partial charge is 0.354 e. The van der Waals surface area contributed by atoms with Crippen LogP contribution in [0, 0.1) is 0 Å². The lowest BCUT2D eigenvalue weighted by Crippen LogP contribution is -2.34. The third kappa shape index (κ3) is 13.2. The van der Waals surface area contributed by atoms with E-state index >= 15 is 0 Å². The van der Waals surface area contributed by atoms with E-state index in [2.05, 4.69) is 17.6 Å². The smallest absolute Gasteiger partial charge is 0.220 e. The molecule has 0 fully saturated rings. The van der Waals surface area contributed by atoms with Gasteiger partial charge in [0.05, 0.1) is 0 Å². The first kappa shape index (κ1) is 17.9. The van der Waals surface area contributed by atoms with Crippen molar-refractivity contribution < 1.29 is 9.59 Å². The number of carbonyl (C=O) groups is 2. The van der Waals surface area contributed by atoms with E-state index in [-0.39, 0.29) is 11.8 Å². The molecule has 0 saturated carbocycles. The molecule has 0 unspecified atom stereocenters. The predicted octanol–water partition coefficient (Wildman–Crippen LogP) is 2.77. The normalized spacial score (nSPS) is 10.2. The zero-order valence-corrected chi connectivity index (χ0v) is 12.6. The minimum atomic E-state index is 0.0627. The van der Waals surface area contributed by atoms with Gasteiger partial charge in [0, 0.05) is 25.9 Å². The summed E-state index contributed by atoms with van der Waals surface area (Å²) < 4.78 is 0. The van der Waals surface area contributed by atoms with Crippen LogP contribution in [0.1, 0.15) is 71.6 Å². The van der Waals surface area contributed by atoms with E-state index in [4.69, 9.17) is 0 Å². The summed E-state index contributed by atoms with van der Waals surface area (Å²) in [6.07, 6.45) is 9.19. The van der Waals surface area contributed by atoms with Crippen molar-refractivity contribution in [1.29, 1.82) is 0 Å². The second-order valence-corrected chi connectivity index (χ2v) is 4.97. The van der Waals surface area contributed by atoms with Crippen LogP contribution in [0.3, 0.4) is 0 Å². The number of unbranched alkanes of at least 4 members (excludes halogenated alkanes) is 5. The van der Waals surface area contributed by atoms with Gasteiger partial charge in [0.15, 0.2) is 0 Å². The van der Waals surface area contributed by atoms with Crippen molar-refractivity contribution in [2.45, 2.75) is 71.6 Å². The molecule has 0 atom stereocenters. The lowest BCUT2D eigenvalue weighted by Gasteiger charge is -2.06. The van der Waals surface area contributed by atoms with Gasteiger partial charge in [0.25, 0.3) is 0 Å². The molecule has 0 radical (unpaired) electrons. The van der Waals surface area contributed by atoms with Crippen LogP contribution in [-0.4, -0.2) is 24.9 Å². The molecule has 19 heavy (non-hydrogen) atoms. The summed E-state index contributed by atoms with van der Waals surface area (Å²) in [4.78, 5) is 22.6. The van der Waals surface area contributed by atoms with Crippen molar-refractivity contribution >= 4 is 11.8 Å². The molecule has 0 saturated heterocycles. The molecule has 4 heteroatoms. The van der Waals surface area contributed by atoms with Crippen molar-refractivity contribution in [1.82, 2.24) is 10.6 Å². The highest BCUT2D eigenvalue weighted by molar-refractivity contribution is 5.77. The van der Waals surface area contributed by atoms with Crippen LogP contribution in [-0.2, 0) is 9.59 Å². The van der Waals surface area contributed by atoms with E-state index < -0.39 is 0 Å². The standard InChI is InChI=1S/C15H30N2O2/c1-3-5-6-7-8-9-11-15(19)17-13-12-16-14(18)10-4-2/h3-13H2,1-2H3,(H,16,18)(H,17,19). The fraction of sp³-hybridized carbons (Fsp3) is 0.867. The van der Waals surface area contributed by atoms with Crippen LogP contribution in [0.4, 0.5) is 0 Å². The predicted molar refractivity (Wildman–Crippen MR) is 78.9 cm³/mol. The minimum absolute atomic E-state index is 0.0627. The summed E-state index contributed by atoms with van der Waals surface area (Å²) in [5, 5.41) is 5.60. The van der Waals surface area contributed by atoms with Crippen molar-refractivity contribution in [3.8, 4) is 0 Å². The fourth-order valence-electron chi connectivity index (χ4n) is 1.87. The molecule has 0 aliphatic rings. The maximum atomic E-state index is 11.5. The molecule has 0 rings (SSSR count). The molecule has 2 N–H and O–H groups in total. The van der Waals surface area contributed by atoms with E-state index in [1.807, 2.05) is 6.92 Å². The maximum Gasteiger partial charge on any atom is 0.220 e. The van der Waals surface area contributed by atoms with Gasteiger partial charge in [-0.05, 0) is 12.8 Å². The van der Waals surface area contributed by atoms with Gasteiger partial charge in [-0.1, -0.05) is 46.0 Å². The summed E-state index contributed by atoms with van der Waals surface area (Å²) in [5.41, 5.74) is 0. The second kappa shape index (κ2) is 13.4. The number of hydrogen-bond donors (Lipinski definition) is 2. The molecular formula is C15H30N2O2. The van der Waals surface area contributed by atoms with E-state index in [9.17, 15) is 9.59 Å². The van der Waals surface area contributed by atoms with Gasteiger partial charge in [-0.2, -0.15) is 0 Å². The molecule has 0 bridgehead atoms. The Kier molecular flexibility index (Phi) is 12.6. The first-order chi connectivity index (χ1) is 9.20. The van der Waals surface area contributed by atoms with Crippen molar-refractivity contribution in [2.75, 3.05) is 13.1 Å². The lowest BCUT2D eigenvalue weighted by molar-refractivity contribution is -0.123. The summed E-state index contributed by atoms with van der Waals surface area (Å²) in [6, 6.07) is 0. The highest BCUT2D eigenvalue weighted by Gasteiger charge is 2.01. The lowest BCUT2D eigenvalue weighted by atomic mass is 10.1. The Morgan fingerprint density at radius 2 is 1.21 bits per heavy atom. The average molecular weight is 270 g/mol. The zero-order valence-electron chi connectivity index (χ0n) is 12.6. The monoisotopic (exact) mass is 270 g/mol. The van der Waals surface area contributed by atoms with Crippen LogP contribution >= 0.6 is 0 Å². The molecule has 2 amide bonds. The van der Waals surface area contributed by atoms with Crippen molar-refractivity contribution in [3.63, 3.8) is 0 Å². The molecule has 0 heterocycles. The molecule has 0 aliphatic heterocycles. The average Bonchev–Trinajstić information content (AvgIpc) is 2.39. The molecular weight excluding hydrogens is 240 g/mol. The SMILES string of the molecule is CCCCCCCCC(=O)NCCNC(=O)CCC. The molecule has 4 nitrogen and oxygen atoms in total. The van der Waals surface area contributed by atoms with Gasteiger partial charge in [0.1, 0.15) is 0 Å². The van der Waals surface area contributed by atoms with Gasteiger partial charge in [-0.15, -0.1) is 0 Å². The Balaban J connectivity index is 3.28. The Hall–Kier alpha value is -1.06. The van der Waals surface area contributed by atoms with Gasteiger partial charge in [0.2, 0.25) is 11.8 Å². The van der Waals surface area contributed by atoms with Crippen LogP contribution in [0.15, 0.2) is 0 Å². The Bertz CT molecular complexity index is 242. The van der Waals surface area contributed by atoms with Gasteiger partial charge in [-0.3, -0.25) is 9.59 Å². The second-order valence-electron chi connectivity index (χ2n) is 4.97. The molecule has 112 valence electrons. The molecule has 0 aromatic heterocycles. The van der Waals surface area contributed by atoms with Crippen LogP contribution < -0.4 is 10.6 Å². The van der Waals surface area contributed by atoms with E-state index in [1.54, 1.807) is 0 Å². The third-order valence-corrected chi connectivity index (χ3v) is 3.00. The Morgan fingerprint density at radius 3 is 1.79 bits per heavy atom. The molecule has 0 spiro atoms. The Morgan fingerprint density at radius 1 is 0.684 bits per heavy atom. The first-order valence-electron chi connectivity index (χ1n) is 7.74. The summed E-state index contributed by atoms with van der Waals surface area (Å²) in [5.74, 6) is 0.160. The van der Waals surface area contributed by atoms with Gasteiger partial charge >= 0.3 is 0 Å². The van der Waals surface area contributed by atoms with E-state index in [1.165, 1.54) is 25.7 Å². The van der Waals surface area contributed by atoms with Gasteiger partial charge in [-0.25, -0.2) is 0 Å². The first-order valence-corrected chi connectivity index (χ1v) is 7.74. The highest BCUT2D eigenvalue weighted by Crippen LogP contribution is 2.06. The van der Waals surface area contributed by atoms with Crippen LogP contribution in [0.5, 0.6) is 0 Å². The maximum absolute atomic E-state index is 11.5. The number of amides is 2. The summed E-state index contributed by atoms with van der Waals surface area (Å²) in [7, 11) is 0. The molecule has 0 aromatic rings. The summed E-state index contributed by atoms with van der Waals surface area (Å²) >= 11 is 0. The van der Waals surface area contributed by atoms with Crippen molar-refractivity contribution in [2.24, 2.45) is 0 Å². The minimum Gasteiger partial charge on any atom is -0.354 e. The molecule has 0 aliphatic carbocycles. The van der Waals surface area contributed by atoms with Crippen LogP contribution in [0.2, 0.25) is 0 Å². The van der Waals surface area contributed by atoms with E-state index in [0.717, 1.165) is 19.3 Å². The number of rotatable bonds is 12. The number of nitrogens with one attached hydrogen (secondary N) is 2. The third-order valence-electron chi connectivity index (χ3n) is 3.00. The molecule has 0 aromatic carbocycles. The van der Waals surface area contributed by atoms with Crippen LogP contribution in [0.25, 0.3) is 0 Å². The van der Waals surface area contributed by atoms with Crippen molar-refractivity contribution in [3.05, 3.63) is 0 Å². The number of hydrogen-bond acceptors (Lipinski definition) is 2. The van der Waals surface area contributed by atoms with E-state index in [0.29, 0.717) is 25.9 Å². The Labute approximate surface area is 117 Å². The van der Waals surface area contributed by atoms with Gasteiger partial charge < -0.3 is 10.6 Å². The summed E-state index contributed by atoms with van der Waals surface area (Å²) in [6.45, 7) is 5.24. The zero-order chi connectivity index (χ0) is 14.3. The highest BCUT2D eigenvalue weighted by atomic mass is 16.2. The topological polar surface area (TPSA) is 58.2 Å².